The van der Waals surface area contributed by atoms with Crippen LogP contribution < -0.4 is 9.64 Å². The molecule has 0 unspecified atom stereocenters. The Bertz CT molecular complexity index is 344. The molecule has 2 rings (SSSR count). The molecule has 1 fully saturated rings. The number of benzene rings is 1. The molecular weight excluding hydrogens is 223 g/mol. The summed E-state index contributed by atoms with van der Waals surface area (Å²) in [6.07, 6.45) is -4.64. The lowest BCUT2D eigenvalue weighted by molar-refractivity contribution is -0.274. The molecule has 0 aromatic heterocycles. The van der Waals surface area contributed by atoms with Gasteiger partial charge in [0.1, 0.15) is 12.5 Å². The Morgan fingerprint density at radius 2 is 1.88 bits per heavy atom. The zero-order chi connectivity index (χ0) is 11.6. The Kier molecular flexibility index (Phi) is 2.91. The van der Waals surface area contributed by atoms with Gasteiger partial charge in [0.2, 0.25) is 0 Å². The summed E-state index contributed by atoms with van der Waals surface area (Å²) in [5, 5.41) is 0. The number of anilines is 1. The van der Waals surface area contributed by atoms with Gasteiger partial charge < -0.3 is 14.4 Å². The van der Waals surface area contributed by atoms with Crippen LogP contribution in [0.1, 0.15) is 0 Å². The lowest BCUT2D eigenvalue weighted by Crippen LogP contribution is -2.19. The fraction of sp³-hybridized carbons (Fsp3) is 0.400. The van der Waals surface area contributed by atoms with Crippen molar-refractivity contribution in [2.75, 3.05) is 24.8 Å². The van der Waals surface area contributed by atoms with Crippen LogP contribution >= 0.6 is 0 Å². The number of hydrogen-bond donors (Lipinski definition) is 0. The first kappa shape index (κ1) is 11.1. The van der Waals surface area contributed by atoms with E-state index in [1.165, 1.54) is 12.1 Å². The van der Waals surface area contributed by atoms with E-state index in [0.717, 1.165) is 12.2 Å². The molecule has 0 radical (unpaired) electrons. The molecule has 0 amide bonds. The SMILES string of the molecule is FC(F)(F)Oc1ccc(N2CCOC2)cc1. The number of alkyl halides is 3. The molecule has 0 saturated carbocycles. The summed E-state index contributed by atoms with van der Waals surface area (Å²) in [5.41, 5.74) is 0.826. The van der Waals surface area contributed by atoms with Crippen LogP contribution in [-0.4, -0.2) is 26.2 Å². The molecule has 88 valence electrons. The van der Waals surface area contributed by atoms with Gasteiger partial charge in [-0.3, -0.25) is 0 Å². The average molecular weight is 233 g/mol. The van der Waals surface area contributed by atoms with Crippen molar-refractivity contribution in [3.8, 4) is 5.75 Å². The number of hydrogen-bond acceptors (Lipinski definition) is 3. The van der Waals surface area contributed by atoms with Gasteiger partial charge in [-0.25, -0.2) is 0 Å². The summed E-state index contributed by atoms with van der Waals surface area (Å²) in [4.78, 5) is 1.93. The van der Waals surface area contributed by atoms with Crippen LogP contribution in [0.3, 0.4) is 0 Å². The summed E-state index contributed by atoms with van der Waals surface area (Å²) in [5.74, 6) is -0.212. The van der Waals surface area contributed by atoms with Gasteiger partial charge in [-0.2, -0.15) is 0 Å². The minimum atomic E-state index is -4.64. The standard InChI is InChI=1S/C10H10F3NO2/c11-10(12,13)16-9-3-1-8(2-4-9)14-5-6-15-7-14/h1-4H,5-7H2. The number of halogens is 3. The monoisotopic (exact) mass is 233 g/mol. The van der Waals surface area contributed by atoms with Crippen LogP contribution in [0.5, 0.6) is 5.75 Å². The van der Waals surface area contributed by atoms with Crippen molar-refractivity contribution < 1.29 is 22.6 Å². The Morgan fingerprint density at radius 3 is 2.38 bits per heavy atom. The third kappa shape index (κ3) is 2.79. The van der Waals surface area contributed by atoms with Crippen molar-refractivity contribution in [3.63, 3.8) is 0 Å². The first-order valence-electron chi connectivity index (χ1n) is 4.73. The predicted octanol–water partition coefficient (Wildman–Crippen LogP) is 2.38. The molecule has 6 heteroatoms. The van der Waals surface area contributed by atoms with Crippen molar-refractivity contribution in [3.05, 3.63) is 24.3 Å². The second-order valence-corrected chi connectivity index (χ2v) is 3.34. The van der Waals surface area contributed by atoms with Gasteiger partial charge in [-0.05, 0) is 24.3 Å². The molecule has 1 aliphatic heterocycles. The normalized spacial score (nSPS) is 16.6. The maximum atomic E-state index is 11.9. The van der Waals surface area contributed by atoms with Gasteiger partial charge in [0, 0.05) is 12.2 Å². The smallest absolute Gasteiger partial charge is 0.406 e. The van der Waals surface area contributed by atoms with Crippen molar-refractivity contribution >= 4 is 5.69 Å². The Hall–Kier alpha value is -1.43. The van der Waals surface area contributed by atoms with E-state index >= 15 is 0 Å². The van der Waals surface area contributed by atoms with Gasteiger partial charge in [0.15, 0.2) is 0 Å². The molecule has 0 bridgehead atoms. The lowest BCUT2D eigenvalue weighted by atomic mass is 10.3. The van der Waals surface area contributed by atoms with Gasteiger partial charge >= 0.3 is 6.36 Å². The topological polar surface area (TPSA) is 21.7 Å². The van der Waals surface area contributed by atoms with Crippen LogP contribution in [0, 0.1) is 0 Å². The van der Waals surface area contributed by atoms with E-state index in [9.17, 15) is 13.2 Å². The minimum Gasteiger partial charge on any atom is -0.406 e. The van der Waals surface area contributed by atoms with E-state index in [1.54, 1.807) is 12.1 Å². The van der Waals surface area contributed by atoms with Crippen LogP contribution in [0.4, 0.5) is 18.9 Å². The van der Waals surface area contributed by atoms with Gasteiger partial charge in [-0.1, -0.05) is 0 Å². The fourth-order valence-corrected chi connectivity index (χ4v) is 1.48. The van der Waals surface area contributed by atoms with Crippen molar-refractivity contribution in [1.29, 1.82) is 0 Å². The maximum absolute atomic E-state index is 11.9. The molecule has 1 saturated heterocycles. The van der Waals surface area contributed by atoms with Gasteiger partial charge in [0.25, 0.3) is 0 Å². The van der Waals surface area contributed by atoms with E-state index in [4.69, 9.17) is 4.74 Å². The van der Waals surface area contributed by atoms with Gasteiger partial charge in [0.05, 0.1) is 6.61 Å². The van der Waals surface area contributed by atoms with Crippen LogP contribution in [0.15, 0.2) is 24.3 Å². The van der Waals surface area contributed by atoms with Crippen LogP contribution in [0.2, 0.25) is 0 Å². The van der Waals surface area contributed by atoms with Gasteiger partial charge in [-0.15, -0.1) is 13.2 Å². The molecule has 16 heavy (non-hydrogen) atoms. The molecule has 1 aromatic carbocycles. The largest absolute Gasteiger partial charge is 0.573 e. The highest BCUT2D eigenvalue weighted by Gasteiger charge is 2.31. The summed E-state index contributed by atoms with van der Waals surface area (Å²) >= 11 is 0. The Morgan fingerprint density at radius 1 is 1.19 bits per heavy atom. The third-order valence-electron chi connectivity index (χ3n) is 2.19. The van der Waals surface area contributed by atoms with E-state index in [2.05, 4.69) is 4.74 Å². The first-order valence-corrected chi connectivity index (χ1v) is 4.73. The Balaban J connectivity index is 2.04. The molecule has 0 atom stereocenters. The molecular formula is C10H10F3NO2. The second-order valence-electron chi connectivity index (χ2n) is 3.34. The lowest BCUT2D eigenvalue weighted by Gasteiger charge is -2.16. The van der Waals surface area contributed by atoms with Crippen molar-refractivity contribution in [2.45, 2.75) is 6.36 Å². The third-order valence-corrected chi connectivity index (χ3v) is 2.19. The molecule has 3 nitrogen and oxygen atoms in total. The highest BCUT2D eigenvalue weighted by atomic mass is 19.4. The fourth-order valence-electron chi connectivity index (χ4n) is 1.48. The number of ether oxygens (including phenoxy) is 2. The molecule has 0 N–H and O–H groups in total. The van der Waals surface area contributed by atoms with Crippen LogP contribution in [0.25, 0.3) is 0 Å². The maximum Gasteiger partial charge on any atom is 0.573 e. The van der Waals surface area contributed by atoms with E-state index in [1.807, 2.05) is 4.90 Å². The first-order chi connectivity index (χ1) is 7.54. The van der Waals surface area contributed by atoms with Crippen molar-refractivity contribution in [1.82, 2.24) is 0 Å². The summed E-state index contributed by atoms with van der Waals surface area (Å²) in [7, 11) is 0. The Labute approximate surface area is 90.4 Å². The minimum absolute atomic E-state index is 0.212. The highest BCUT2D eigenvalue weighted by molar-refractivity contribution is 5.49. The second kappa shape index (κ2) is 4.21. The number of rotatable bonds is 2. The molecule has 0 spiro atoms. The zero-order valence-electron chi connectivity index (χ0n) is 8.33. The summed E-state index contributed by atoms with van der Waals surface area (Å²) in [6.45, 7) is 1.86. The number of nitrogens with zero attached hydrogens (tertiary/aromatic N) is 1. The van der Waals surface area contributed by atoms with E-state index in [-0.39, 0.29) is 5.75 Å². The predicted molar refractivity (Wildman–Crippen MR) is 51.3 cm³/mol. The summed E-state index contributed by atoms with van der Waals surface area (Å²) < 4.78 is 44.6. The quantitative estimate of drug-likeness (QED) is 0.782. The molecule has 1 aromatic rings. The van der Waals surface area contributed by atoms with E-state index < -0.39 is 6.36 Å². The van der Waals surface area contributed by atoms with E-state index in [0.29, 0.717) is 13.3 Å². The van der Waals surface area contributed by atoms with Crippen molar-refractivity contribution in [2.24, 2.45) is 0 Å². The van der Waals surface area contributed by atoms with Crippen LogP contribution in [-0.2, 0) is 4.74 Å². The summed E-state index contributed by atoms with van der Waals surface area (Å²) in [6, 6.07) is 5.74. The average Bonchev–Trinajstić information content (AvgIpc) is 2.69. The molecule has 1 heterocycles. The molecule has 0 aliphatic carbocycles. The zero-order valence-corrected chi connectivity index (χ0v) is 8.33. The highest BCUT2D eigenvalue weighted by Crippen LogP contribution is 2.25. The molecule has 1 aliphatic rings.